The minimum Gasteiger partial charge on any atom is -0.391 e. The van der Waals surface area contributed by atoms with Crippen molar-refractivity contribution in [2.75, 3.05) is 11.8 Å². The second-order valence-corrected chi connectivity index (χ2v) is 1.82. The number of alkyl halides is 2. The molecule has 10 heavy (non-hydrogen) atoms. The van der Waals surface area contributed by atoms with Crippen LogP contribution in [-0.4, -0.2) is 33.3 Å². The molecule has 0 rings (SSSR count). The molecule has 0 aromatic rings. The van der Waals surface area contributed by atoms with Crippen molar-refractivity contribution in [3.05, 3.63) is 10.1 Å². The average Bonchev–Trinajstić information content (AvgIpc) is 1.85. The quantitative estimate of drug-likeness (QED) is 0.378. The Kier molecular flexibility index (Phi) is 10.9. The van der Waals surface area contributed by atoms with E-state index in [1.165, 1.54) is 0 Å². The largest absolute Gasteiger partial charge is 0.391 e. The molecule has 0 atom stereocenters. The number of aliphatic hydroxyl groups is 1. The predicted octanol–water partition coefficient (Wildman–Crippen LogP) is 0.477. The van der Waals surface area contributed by atoms with Gasteiger partial charge in [-0.2, -0.15) is 0 Å². The Balaban J connectivity index is 0. The molecular weight excluding hydrogens is 185 g/mol. The number of aliphatic hydroxyl groups excluding tert-OH is 1. The molecule has 0 aliphatic heterocycles. The number of hydrogen-bond donors (Lipinski definition) is 2. The molecule has 7 heteroatoms. The summed E-state index contributed by atoms with van der Waals surface area (Å²) in [5, 5.41) is 22.0. The van der Waals surface area contributed by atoms with Crippen LogP contribution in [0.2, 0.25) is 0 Å². The van der Waals surface area contributed by atoms with E-state index < -0.39 is 11.2 Å². The molecule has 5 nitrogen and oxygen atoms in total. The van der Waals surface area contributed by atoms with Gasteiger partial charge in [-0.15, -0.1) is 33.3 Å². The van der Waals surface area contributed by atoms with Gasteiger partial charge < -0.3 is 10.3 Å². The van der Waals surface area contributed by atoms with E-state index in [1.54, 1.807) is 0 Å². The zero-order valence-corrected chi connectivity index (χ0v) is 6.42. The third-order valence-electron chi connectivity index (χ3n) is 0.356. The van der Waals surface area contributed by atoms with Crippen molar-refractivity contribution >= 4 is 23.2 Å². The van der Waals surface area contributed by atoms with Gasteiger partial charge in [0.25, 0.3) is 5.09 Å². The maximum Gasteiger partial charge on any atom is 0.291 e. The fourth-order valence-corrected chi connectivity index (χ4v) is 0.371. The lowest BCUT2D eigenvalue weighted by Crippen LogP contribution is -2.08. The summed E-state index contributed by atoms with van der Waals surface area (Å²) in [6, 6.07) is 0. The Morgan fingerprint density at radius 3 is 1.70 bits per heavy atom. The van der Waals surface area contributed by atoms with Crippen molar-refractivity contribution < 1.29 is 15.4 Å². The first-order chi connectivity index (χ1) is 4.54. The van der Waals surface area contributed by atoms with Crippen LogP contribution in [0.5, 0.6) is 0 Å². The van der Waals surface area contributed by atoms with Gasteiger partial charge in [0, 0.05) is 11.8 Å². The first-order valence-electron chi connectivity index (χ1n) is 2.17. The first kappa shape index (κ1) is 12.4. The molecule has 0 unspecified atom stereocenters. The monoisotopic (exact) mass is 191 g/mol. The molecule has 0 radical (unpaired) electrons. The van der Waals surface area contributed by atoms with Gasteiger partial charge in [-0.25, -0.2) is 0 Å². The van der Waals surface area contributed by atoms with Crippen LogP contribution in [0.1, 0.15) is 0 Å². The third kappa shape index (κ3) is 25.1. The summed E-state index contributed by atoms with van der Waals surface area (Å²) >= 11 is 10.2. The minimum atomic E-state index is -1.50. The molecule has 0 amide bonds. The minimum absolute atomic E-state index is 0.226. The van der Waals surface area contributed by atoms with Crippen LogP contribution in [0.15, 0.2) is 0 Å². The van der Waals surface area contributed by atoms with Crippen molar-refractivity contribution in [3.63, 3.8) is 0 Å². The van der Waals surface area contributed by atoms with Crippen LogP contribution in [0, 0.1) is 10.1 Å². The van der Waals surface area contributed by atoms with Crippen LogP contribution >= 0.6 is 23.2 Å². The lowest BCUT2D eigenvalue weighted by molar-refractivity contribution is -0.742. The number of halogens is 2. The molecule has 0 saturated heterocycles. The molecule has 0 spiro atoms. The molecule has 0 saturated carbocycles. The molecule has 62 valence electrons. The summed E-state index contributed by atoms with van der Waals surface area (Å²) in [5.74, 6) is 0.451. The van der Waals surface area contributed by atoms with Crippen molar-refractivity contribution in [3.8, 4) is 0 Å². The Bertz CT molecular complexity index is 82.6. The molecule has 0 bridgehead atoms. The molecule has 0 aliphatic carbocycles. The van der Waals surface area contributed by atoms with Gasteiger partial charge in [0.05, 0.1) is 6.10 Å². The summed E-state index contributed by atoms with van der Waals surface area (Å²) < 4.78 is 0. The lowest BCUT2D eigenvalue weighted by Gasteiger charge is -1.94. The van der Waals surface area contributed by atoms with Crippen LogP contribution < -0.4 is 0 Å². The lowest BCUT2D eigenvalue weighted by atomic mass is 10.5. The van der Waals surface area contributed by atoms with Crippen molar-refractivity contribution in [2.24, 2.45) is 0 Å². The summed E-state index contributed by atoms with van der Waals surface area (Å²) in [7, 11) is 0. The van der Waals surface area contributed by atoms with E-state index in [1.807, 2.05) is 0 Å². The van der Waals surface area contributed by atoms with Crippen LogP contribution in [0.3, 0.4) is 0 Å². The summed E-state index contributed by atoms with van der Waals surface area (Å²) in [6.07, 6.45) is -0.534. The average molecular weight is 192 g/mol. The smallest absolute Gasteiger partial charge is 0.291 e. The SMILES string of the molecule is O=[N+]([O-])O.OC(CCl)CCl. The second kappa shape index (κ2) is 8.74. The van der Waals surface area contributed by atoms with E-state index in [0.717, 1.165) is 0 Å². The highest BCUT2D eigenvalue weighted by atomic mass is 35.5. The molecular formula is C3H7Cl2NO4. The van der Waals surface area contributed by atoms with Gasteiger partial charge in [-0.3, -0.25) is 0 Å². The number of hydrogen-bond acceptors (Lipinski definition) is 3. The van der Waals surface area contributed by atoms with E-state index in [2.05, 4.69) is 0 Å². The Labute approximate surface area is 67.3 Å². The molecule has 0 heterocycles. The standard InChI is InChI=1S/C3H6Cl2O.HNO3/c4-1-3(6)2-5;2-1(3)4/h3,6H,1-2H2;(H,2,3,4). The van der Waals surface area contributed by atoms with E-state index in [-0.39, 0.29) is 11.8 Å². The van der Waals surface area contributed by atoms with Crippen LogP contribution in [0.4, 0.5) is 0 Å². The Morgan fingerprint density at radius 1 is 1.50 bits per heavy atom. The topological polar surface area (TPSA) is 83.6 Å². The normalized spacial score (nSPS) is 8.40. The van der Waals surface area contributed by atoms with E-state index >= 15 is 0 Å². The van der Waals surface area contributed by atoms with Gasteiger partial charge in [-0.05, 0) is 0 Å². The van der Waals surface area contributed by atoms with Gasteiger partial charge in [0.2, 0.25) is 0 Å². The van der Waals surface area contributed by atoms with E-state index in [4.69, 9.17) is 43.6 Å². The summed E-state index contributed by atoms with van der Waals surface area (Å²) in [5.41, 5.74) is 0. The zero-order chi connectivity index (χ0) is 8.57. The van der Waals surface area contributed by atoms with Crippen LogP contribution in [-0.2, 0) is 0 Å². The highest BCUT2D eigenvalue weighted by Gasteiger charge is 1.94. The van der Waals surface area contributed by atoms with Gasteiger partial charge in [0.15, 0.2) is 0 Å². The first-order valence-corrected chi connectivity index (χ1v) is 3.24. The number of nitrogens with zero attached hydrogens (tertiary/aromatic N) is 1. The fourth-order valence-electron chi connectivity index (χ4n) is 0.0412. The molecule has 0 aliphatic rings. The summed E-state index contributed by atoms with van der Waals surface area (Å²) in [4.78, 5) is 8.36. The molecule has 0 fully saturated rings. The van der Waals surface area contributed by atoms with Crippen molar-refractivity contribution in [2.45, 2.75) is 6.10 Å². The van der Waals surface area contributed by atoms with E-state index in [0.29, 0.717) is 0 Å². The van der Waals surface area contributed by atoms with Crippen LogP contribution in [0.25, 0.3) is 0 Å². The molecule has 0 aromatic carbocycles. The van der Waals surface area contributed by atoms with Gasteiger partial charge >= 0.3 is 0 Å². The fraction of sp³-hybridized carbons (Fsp3) is 1.00. The Hall–Kier alpha value is -0.260. The second-order valence-electron chi connectivity index (χ2n) is 1.20. The summed E-state index contributed by atoms with van der Waals surface area (Å²) in [6.45, 7) is 0. The third-order valence-corrected chi connectivity index (χ3v) is 1.07. The van der Waals surface area contributed by atoms with E-state index in [9.17, 15) is 0 Å². The van der Waals surface area contributed by atoms with Gasteiger partial charge in [0.1, 0.15) is 0 Å². The Morgan fingerprint density at radius 2 is 1.70 bits per heavy atom. The van der Waals surface area contributed by atoms with Crippen molar-refractivity contribution in [1.82, 2.24) is 0 Å². The maximum atomic E-state index is 8.40. The zero-order valence-electron chi connectivity index (χ0n) is 4.91. The predicted molar refractivity (Wildman–Crippen MR) is 36.2 cm³/mol. The number of rotatable bonds is 2. The molecule has 2 N–H and O–H groups in total. The highest BCUT2D eigenvalue weighted by Crippen LogP contribution is 1.88. The maximum absolute atomic E-state index is 8.40. The highest BCUT2D eigenvalue weighted by molar-refractivity contribution is 6.21. The van der Waals surface area contributed by atoms with Gasteiger partial charge in [-0.1, -0.05) is 0 Å². The van der Waals surface area contributed by atoms with Crippen molar-refractivity contribution in [1.29, 1.82) is 0 Å². The molecule has 0 aromatic heterocycles.